The first-order valence-electron chi connectivity index (χ1n) is 6.55. The van der Waals surface area contributed by atoms with E-state index in [4.69, 9.17) is 21.1 Å². The molecule has 0 saturated carbocycles. The van der Waals surface area contributed by atoms with Crippen LogP contribution in [0.5, 0.6) is 5.75 Å². The lowest BCUT2D eigenvalue weighted by Crippen LogP contribution is -2.21. The highest BCUT2D eigenvalue weighted by molar-refractivity contribution is 6.30. The quantitative estimate of drug-likeness (QED) is 0.850. The lowest BCUT2D eigenvalue weighted by atomic mass is 10.2. The van der Waals surface area contributed by atoms with Crippen molar-refractivity contribution in [1.29, 1.82) is 0 Å². The first kappa shape index (κ1) is 16.8. The number of carbonyl (C=O) groups is 2. The number of benzene rings is 2. The summed E-state index contributed by atoms with van der Waals surface area (Å²) < 4.78 is 23.3. The van der Waals surface area contributed by atoms with E-state index in [0.717, 1.165) is 6.07 Å². The monoisotopic (exact) mass is 337 g/mol. The van der Waals surface area contributed by atoms with E-state index in [1.165, 1.54) is 31.4 Å². The van der Waals surface area contributed by atoms with Gasteiger partial charge < -0.3 is 14.8 Å². The third-order valence-corrected chi connectivity index (χ3v) is 3.10. The first-order chi connectivity index (χ1) is 11.0. The second kappa shape index (κ2) is 7.60. The molecule has 0 aliphatic heterocycles. The van der Waals surface area contributed by atoms with Crippen LogP contribution in [0.3, 0.4) is 0 Å². The molecule has 2 rings (SSSR count). The van der Waals surface area contributed by atoms with E-state index in [1.54, 1.807) is 12.1 Å². The van der Waals surface area contributed by atoms with E-state index in [0.29, 0.717) is 5.75 Å². The Morgan fingerprint density at radius 1 is 1.17 bits per heavy atom. The predicted molar refractivity (Wildman–Crippen MR) is 83.3 cm³/mol. The number of carbonyl (C=O) groups excluding carboxylic acids is 2. The van der Waals surface area contributed by atoms with Gasteiger partial charge in [-0.1, -0.05) is 11.6 Å². The maximum Gasteiger partial charge on any atom is 0.338 e. The van der Waals surface area contributed by atoms with Gasteiger partial charge in [-0.2, -0.15) is 0 Å². The van der Waals surface area contributed by atoms with E-state index in [2.05, 4.69) is 5.32 Å². The number of nitrogens with one attached hydrogen (secondary N) is 1. The topological polar surface area (TPSA) is 64.6 Å². The van der Waals surface area contributed by atoms with Crippen molar-refractivity contribution in [3.8, 4) is 5.75 Å². The molecule has 0 radical (unpaired) electrons. The molecule has 0 aromatic heterocycles. The fraction of sp³-hybridized carbons (Fsp3) is 0.125. The standard InChI is InChI=1S/C16H13ClFNO4/c1-22-12-5-2-10(3-6-12)16(21)23-9-15(20)19-14-8-11(17)4-7-13(14)18/h2-8H,9H2,1H3,(H,19,20). The van der Waals surface area contributed by atoms with E-state index in [-0.39, 0.29) is 16.3 Å². The van der Waals surface area contributed by atoms with Crippen molar-refractivity contribution in [1.82, 2.24) is 0 Å². The molecule has 23 heavy (non-hydrogen) atoms. The molecule has 0 atom stereocenters. The van der Waals surface area contributed by atoms with Crippen LogP contribution in [0.4, 0.5) is 10.1 Å². The fourth-order valence-corrected chi connectivity index (χ4v) is 1.89. The molecule has 0 bridgehead atoms. The minimum atomic E-state index is -0.673. The van der Waals surface area contributed by atoms with Crippen LogP contribution in [0, 0.1) is 5.82 Å². The molecule has 0 unspecified atom stereocenters. The first-order valence-corrected chi connectivity index (χ1v) is 6.93. The average molecular weight is 338 g/mol. The van der Waals surface area contributed by atoms with Crippen LogP contribution >= 0.6 is 11.6 Å². The molecule has 0 spiro atoms. The summed E-state index contributed by atoms with van der Waals surface area (Å²) in [5, 5.41) is 2.56. The molecule has 1 N–H and O–H groups in total. The third kappa shape index (κ3) is 4.69. The molecular formula is C16H13ClFNO4. The van der Waals surface area contributed by atoms with Crippen LogP contribution in [0.1, 0.15) is 10.4 Å². The van der Waals surface area contributed by atoms with Gasteiger partial charge in [-0.15, -0.1) is 0 Å². The van der Waals surface area contributed by atoms with E-state index < -0.39 is 24.3 Å². The Kier molecular flexibility index (Phi) is 5.54. The van der Waals surface area contributed by atoms with Gasteiger partial charge in [0.15, 0.2) is 6.61 Å². The summed E-state index contributed by atoms with van der Waals surface area (Å²) in [6.07, 6.45) is 0. The Hall–Kier alpha value is -2.60. The molecular weight excluding hydrogens is 325 g/mol. The largest absolute Gasteiger partial charge is 0.497 e. The molecule has 0 aliphatic rings. The normalized spacial score (nSPS) is 10.0. The van der Waals surface area contributed by atoms with Gasteiger partial charge in [0.25, 0.3) is 5.91 Å². The number of hydrogen-bond donors (Lipinski definition) is 1. The summed E-state index contributed by atoms with van der Waals surface area (Å²) in [4.78, 5) is 23.5. The molecule has 5 nitrogen and oxygen atoms in total. The molecule has 2 aromatic rings. The number of hydrogen-bond acceptors (Lipinski definition) is 4. The highest BCUT2D eigenvalue weighted by Gasteiger charge is 2.12. The van der Waals surface area contributed by atoms with Gasteiger partial charge >= 0.3 is 5.97 Å². The number of ether oxygens (including phenoxy) is 2. The lowest BCUT2D eigenvalue weighted by Gasteiger charge is -2.08. The number of amides is 1. The van der Waals surface area contributed by atoms with Crippen LogP contribution in [0.15, 0.2) is 42.5 Å². The van der Waals surface area contributed by atoms with Crippen molar-refractivity contribution in [2.75, 3.05) is 19.0 Å². The average Bonchev–Trinajstić information content (AvgIpc) is 2.56. The molecule has 1 amide bonds. The summed E-state index contributed by atoms with van der Waals surface area (Å²) in [6, 6.07) is 9.96. The van der Waals surface area contributed by atoms with Crippen LogP contribution in [-0.4, -0.2) is 25.6 Å². The van der Waals surface area contributed by atoms with Crippen LogP contribution in [0.2, 0.25) is 5.02 Å². The Balaban J connectivity index is 1.90. The molecule has 0 heterocycles. The molecule has 7 heteroatoms. The van der Waals surface area contributed by atoms with Crippen LogP contribution in [0.25, 0.3) is 0 Å². The van der Waals surface area contributed by atoms with Crippen LogP contribution in [-0.2, 0) is 9.53 Å². The fourth-order valence-electron chi connectivity index (χ4n) is 1.72. The van der Waals surface area contributed by atoms with Gasteiger partial charge in [-0.3, -0.25) is 4.79 Å². The zero-order valence-corrected chi connectivity index (χ0v) is 12.9. The molecule has 0 aliphatic carbocycles. The van der Waals surface area contributed by atoms with Crippen molar-refractivity contribution in [2.24, 2.45) is 0 Å². The summed E-state index contributed by atoms with van der Waals surface area (Å²) in [5.41, 5.74) is 0.190. The lowest BCUT2D eigenvalue weighted by molar-refractivity contribution is -0.119. The molecule has 120 valence electrons. The molecule has 0 fully saturated rings. The van der Waals surface area contributed by atoms with E-state index >= 15 is 0 Å². The number of rotatable bonds is 5. The maximum absolute atomic E-state index is 13.5. The zero-order chi connectivity index (χ0) is 16.8. The highest BCUT2D eigenvalue weighted by Crippen LogP contribution is 2.19. The summed E-state index contributed by atoms with van der Waals surface area (Å²) in [6.45, 7) is -0.545. The molecule has 0 saturated heterocycles. The SMILES string of the molecule is COc1ccc(C(=O)OCC(=O)Nc2cc(Cl)ccc2F)cc1. The Labute approximate surface area is 137 Å². The number of halogens is 2. The van der Waals surface area contributed by atoms with Gasteiger partial charge in [-0.25, -0.2) is 9.18 Å². The Morgan fingerprint density at radius 3 is 2.52 bits per heavy atom. The minimum Gasteiger partial charge on any atom is -0.497 e. The number of esters is 1. The number of anilines is 1. The predicted octanol–water partition coefficient (Wildman–Crippen LogP) is 3.28. The highest BCUT2D eigenvalue weighted by atomic mass is 35.5. The zero-order valence-electron chi connectivity index (χ0n) is 12.1. The van der Waals surface area contributed by atoms with Crippen molar-refractivity contribution in [2.45, 2.75) is 0 Å². The van der Waals surface area contributed by atoms with Crippen molar-refractivity contribution in [3.63, 3.8) is 0 Å². The van der Waals surface area contributed by atoms with Crippen molar-refractivity contribution < 1.29 is 23.5 Å². The van der Waals surface area contributed by atoms with Gasteiger partial charge in [0.1, 0.15) is 11.6 Å². The van der Waals surface area contributed by atoms with E-state index in [1.807, 2.05) is 0 Å². The van der Waals surface area contributed by atoms with Gasteiger partial charge in [0.05, 0.1) is 18.4 Å². The Morgan fingerprint density at radius 2 is 1.87 bits per heavy atom. The minimum absolute atomic E-state index is 0.0806. The molecule has 2 aromatic carbocycles. The summed E-state index contributed by atoms with van der Waals surface area (Å²) in [5.74, 6) is -1.39. The van der Waals surface area contributed by atoms with E-state index in [9.17, 15) is 14.0 Å². The second-order valence-electron chi connectivity index (χ2n) is 4.48. The second-order valence-corrected chi connectivity index (χ2v) is 4.91. The van der Waals surface area contributed by atoms with Crippen LogP contribution < -0.4 is 10.1 Å². The summed E-state index contributed by atoms with van der Waals surface area (Å²) in [7, 11) is 1.51. The van der Waals surface area contributed by atoms with Crippen molar-refractivity contribution in [3.05, 3.63) is 58.9 Å². The summed E-state index contributed by atoms with van der Waals surface area (Å²) >= 11 is 5.72. The van der Waals surface area contributed by atoms with Gasteiger partial charge in [-0.05, 0) is 42.5 Å². The third-order valence-electron chi connectivity index (χ3n) is 2.86. The smallest absolute Gasteiger partial charge is 0.338 e. The van der Waals surface area contributed by atoms with Crippen molar-refractivity contribution >= 4 is 29.2 Å². The Bertz CT molecular complexity index is 719. The van der Waals surface area contributed by atoms with Gasteiger partial charge in [0, 0.05) is 5.02 Å². The van der Waals surface area contributed by atoms with Gasteiger partial charge in [0.2, 0.25) is 0 Å². The maximum atomic E-state index is 13.5. The number of methoxy groups -OCH3 is 1.